The third kappa shape index (κ3) is 2.04. The smallest absolute Gasteiger partial charge is 0.191 e. The summed E-state index contributed by atoms with van der Waals surface area (Å²) in [4.78, 5) is 0. The van der Waals surface area contributed by atoms with Crippen LogP contribution in [0.5, 0.6) is 0 Å². The molecular formula is C5H6F5+. The van der Waals surface area contributed by atoms with E-state index in [0.29, 0.717) is 0 Å². The molecule has 0 radical (unpaired) electrons. The minimum Gasteiger partial charge on any atom is -0.191 e. The maximum atomic E-state index is 11.8. The Kier molecular flexibility index (Phi) is 2.51. The summed E-state index contributed by atoms with van der Waals surface area (Å²) in [5.74, 6) is -4.57. The first-order chi connectivity index (χ1) is 4.31. The number of halogens is 5. The van der Waals surface area contributed by atoms with Gasteiger partial charge < -0.3 is 0 Å². The predicted molar refractivity (Wildman–Crippen MR) is 25.6 cm³/mol. The van der Waals surface area contributed by atoms with Gasteiger partial charge in [-0.1, -0.05) is 0 Å². The van der Waals surface area contributed by atoms with Crippen LogP contribution in [0.15, 0.2) is 0 Å². The molecule has 0 aliphatic carbocycles. The van der Waals surface area contributed by atoms with Gasteiger partial charge in [-0.05, 0) is 0 Å². The third-order valence-corrected chi connectivity index (χ3v) is 0.875. The molecule has 10 heavy (non-hydrogen) atoms. The van der Waals surface area contributed by atoms with Crippen LogP contribution in [-0.2, 0) is 0 Å². The second-order valence-electron chi connectivity index (χ2n) is 1.81. The van der Waals surface area contributed by atoms with E-state index in [2.05, 4.69) is 0 Å². The van der Waals surface area contributed by atoms with Gasteiger partial charge in [-0.25, -0.2) is 0 Å². The number of hydrogen-bond donors (Lipinski definition) is 0. The molecule has 0 saturated carbocycles. The van der Waals surface area contributed by atoms with Crippen LogP contribution < -0.4 is 0 Å². The van der Waals surface area contributed by atoms with Crippen molar-refractivity contribution in [2.24, 2.45) is 0 Å². The molecule has 5 heteroatoms. The van der Waals surface area contributed by atoms with E-state index in [1.165, 1.54) is 0 Å². The van der Waals surface area contributed by atoms with Crippen LogP contribution in [0.4, 0.5) is 22.0 Å². The molecule has 0 bridgehead atoms. The van der Waals surface area contributed by atoms with Crippen LogP contribution in [0, 0.1) is 6.42 Å². The summed E-state index contributed by atoms with van der Waals surface area (Å²) in [6.07, 6.45) is -5.89. The molecule has 0 nitrogen and oxygen atoms in total. The van der Waals surface area contributed by atoms with Gasteiger partial charge in [-0.3, -0.25) is 0 Å². The Morgan fingerprint density at radius 3 is 1.60 bits per heavy atom. The molecule has 0 fully saturated rings. The van der Waals surface area contributed by atoms with Gasteiger partial charge in [0.25, 0.3) is 0 Å². The molecule has 0 amide bonds. The highest BCUT2D eigenvalue weighted by Crippen LogP contribution is 2.38. The molecule has 0 N–H and O–H groups in total. The van der Waals surface area contributed by atoms with E-state index in [4.69, 9.17) is 0 Å². The zero-order chi connectivity index (χ0) is 8.41. The lowest BCUT2D eigenvalue weighted by molar-refractivity contribution is -0.281. The molecule has 0 saturated heterocycles. The fourth-order valence-corrected chi connectivity index (χ4v) is 0.372. The summed E-state index contributed by atoms with van der Waals surface area (Å²) in [6.45, 7) is 1.15. The van der Waals surface area contributed by atoms with Gasteiger partial charge in [0.15, 0.2) is 6.42 Å². The van der Waals surface area contributed by atoms with E-state index < -0.39 is 18.5 Å². The quantitative estimate of drug-likeness (QED) is 0.431. The first-order valence-electron chi connectivity index (χ1n) is 2.53. The van der Waals surface area contributed by atoms with E-state index >= 15 is 0 Å². The minimum atomic E-state index is -5.42. The molecule has 0 aromatic heterocycles. The fraction of sp³-hybridized carbons (Fsp3) is 0.800. The molecule has 60 valence electrons. The standard InChI is InChI=1S/C5H6F5/c1-2-3-4(6,7)5(8,9)10/h2H,3H2,1H3/q+1. The largest absolute Gasteiger partial charge is 0.457 e. The van der Waals surface area contributed by atoms with E-state index in [-0.39, 0.29) is 0 Å². The van der Waals surface area contributed by atoms with Gasteiger partial charge in [-0.2, -0.15) is 22.0 Å². The zero-order valence-electron chi connectivity index (χ0n) is 5.17. The lowest BCUT2D eigenvalue weighted by Gasteiger charge is -2.14. The average molecular weight is 161 g/mol. The van der Waals surface area contributed by atoms with Crippen LogP contribution in [0.2, 0.25) is 0 Å². The van der Waals surface area contributed by atoms with Crippen molar-refractivity contribution in [3.05, 3.63) is 6.42 Å². The second kappa shape index (κ2) is 2.64. The normalized spacial score (nSPS) is 13.4. The fourth-order valence-electron chi connectivity index (χ4n) is 0.372. The topological polar surface area (TPSA) is 0 Å². The molecule has 0 unspecified atom stereocenters. The molecule has 0 rings (SSSR count). The summed E-state index contributed by atoms with van der Waals surface area (Å²) < 4.78 is 57.3. The van der Waals surface area contributed by atoms with Crippen LogP contribution in [0.3, 0.4) is 0 Å². The Morgan fingerprint density at radius 2 is 1.50 bits per heavy atom. The van der Waals surface area contributed by atoms with Crippen LogP contribution in [-0.4, -0.2) is 12.1 Å². The van der Waals surface area contributed by atoms with Crippen molar-refractivity contribution < 1.29 is 22.0 Å². The number of rotatable bonds is 2. The highest BCUT2D eigenvalue weighted by molar-refractivity contribution is 4.80. The van der Waals surface area contributed by atoms with E-state index in [1.807, 2.05) is 0 Å². The van der Waals surface area contributed by atoms with E-state index in [0.717, 1.165) is 13.3 Å². The van der Waals surface area contributed by atoms with Crippen molar-refractivity contribution in [2.45, 2.75) is 25.4 Å². The Bertz CT molecular complexity index is 103. The molecule has 0 aromatic rings. The molecule has 0 aliphatic heterocycles. The molecule has 0 aliphatic rings. The third-order valence-electron chi connectivity index (χ3n) is 0.875. The Morgan fingerprint density at radius 1 is 1.10 bits per heavy atom. The van der Waals surface area contributed by atoms with Gasteiger partial charge in [-0.15, -0.1) is 0 Å². The van der Waals surface area contributed by atoms with Gasteiger partial charge in [0.05, 0.1) is 13.3 Å². The van der Waals surface area contributed by atoms with E-state index in [9.17, 15) is 22.0 Å². The summed E-state index contributed by atoms with van der Waals surface area (Å²) in [5.41, 5.74) is 0. The molecule has 0 heterocycles. The van der Waals surface area contributed by atoms with Crippen LogP contribution >= 0.6 is 0 Å². The van der Waals surface area contributed by atoms with Gasteiger partial charge >= 0.3 is 12.1 Å². The summed E-state index contributed by atoms with van der Waals surface area (Å²) in [6, 6.07) is 0. The molecule has 0 atom stereocenters. The van der Waals surface area contributed by atoms with Crippen molar-refractivity contribution in [3.63, 3.8) is 0 Å². The predicted octanol–water partition coefficient (Wildman–Crippen LogP) is 2.80. The van der Waals surface area contributed by atoms with Crippen LogP contribution in [0.1, 0.15) is 13.3 Å². The number of hydrogen-bond acceptors (Lipinski definition) is 0. The van der Waals surface area contributed by atoms with Crippen molar-refractivity contribution >= 4 is 0 Å². The monoisotopic (exact) mass is 161 g/mol. The summed E-state index contributed by atoms with van der Waals surface area (Å²) in [5, 5.41) is 0. The van der Waals surface area contributed by atoms with E-state index in [1.54, 1.807) is 0 Å². The molecular weight excluding hydrogens is 155 g/mol. The molecule has 0 aromatic carbocycles. The SMILES string of the molecule is C[CH+]CC(F)(F)C(F)(F)F. The van der Waals surface area contributed by atoms with Crippen molar-refractivity contribution in [2.75, 3.05) is 0 Å². The Labute approximate surface area is 55.0 Å². The minimum absolute atomic E-state index is 0.785. The maximum absolute atomic E-state index is 11.8. The highest BCUT2D eigenvalue weighted by Gasteiger charge is 2.59. The summed E-state index contributed by atoms with van der Waals surface area (Å²) >= 11 is 0. The summed E-state index contributed by atoms with van der Waals surface area (Å²) in [7, 11) is 0. The van der Waals surface area contributed by atoms with Gasteiger partial charge in [0.1, 0.15) is 0 Å². The van der Waals surface area contributed by atoms with Crippen molar-refractivity contribution in [1.29, 1.82) is 0 Å². The van der Waals surface area contributed by atoms with Crippen molar-refractivity contribution in [1.82, 2.24) is 0 Å². The van der Waals surface area contributed by atoms with Gasteiger partial charge in [0.2, 0.25) is 0 Å². The van der Waals surface area contributed by atoms with Crippen molar-refractivity contribution in [3.8, 4) is 0 Å². The average Bonchev–Trinajstić information content (AvgIpc) is 1.61. The van der Waals surface area contributed by atoms with Gasteiger partial charge in [0, 0.05) is 0 Å². The lowest BCUT2D eigenvalue weighted by Crippen LogP contribution is -2.36. The second-order valence-corrected chi connectivity index (χ2v) is 1.81. The Balaban J connectivity index is 4.10. The molecule has 0 spiro atoms. The zero-order valence-corrected chi connectivity index (χ0v) is 5.17. The Hall–Kier alpha value is -0.480. The lowest BCUT2D eigenvalue weighted by atomic mass is 10.2. The first kappa shape index (κ1) is 9.52. The highest BCUT2D eigenvalue weighted by atomic mass is 19.4. The first-order valence-corrected chi connectivity index (χ1v) is 2.53. The number of alkyl halides is 5. The maximum Gasteiger partial charge on any atom is 0.457 e. The van der Waals surface area contributed by atoms with Crippen LogP contribution in [0.25, 0.3) is 0 Å².